The van der Waals surface area contributed by atoms with Gasteiger partial charge in [0.2, 0.25) is 0 Å². The second-order valence-corrected chi connectivity index (χ2v) is 3.95. The molecular formula is C13H19NO3. The van der Waals surface area contributed by atoms with E-state index in [1.807, 2.05) is 37.3 Å². The monoisotopic (exact) mass is 237 g/mol. The lowest BCUT2D eigenvalue weighted by Gasteiger charge is -2.22. The van der Waals surface area contributed by atoms with Crippen LogP contribution in [-0.4, -0.2) is 23.9 Å². The predicted molar refractivity (Wildman–Crippen MR) is 65.6 cm³/mol. The molecule has 17 heavy (non-hydrogen) atoms. The maximum Gasteiger partial charge on any atom is 0.404 e. The van der Waals surface area contributed by atoms with Crippen molar-refractivity contribution in [3.8, 4) is 0 Å². The van der Waals surface area contributed by atoms with Crippen LogP contribution in [0.4, 0.5) is 4.79 Å². The van der Waals surface area contributed by atoms with Gasteiger partial charge in [-0.15, -0.1) is 0 Å². The van der Waals surface area contributed by atoms with Crippen LogP contribution >= 0.6 is 0 Å². The number of rotatable bonds is 6. The fourth-order valence-corrected chi connectivity index (χ4v) is 1.85. The summed E-state index contributed by atoms with van der Waals surface area (Å²) in [6.07, 6.45) is 0.0228. The largest absolute Gasteiger partial charge is 0.450 e. The highest BCUT2D eigenvalue weighted by Gasteiger charge is 2.19. The van der Waals surface area contributed by atoms with Gasteiger partial charge in [0.15, 0.2) is 0 Å². The first-order valence-corrected chi connectivity index (χ1v) is 5.80. The van der Waals surface area contributed by atoms with Gasteiger partial charge in [-0.25, -0.2) is 4.79 Å². The second-order valence-electron chi connectivity index (χ2n) is 3.95. The lowest BCUT2D eigenvalue weighted by Crippen LogP contribution is -2.21. The summed E-state index contributed by atoms with van der Waals surface area (Å²) in [6.45, 7) is 2.15. The normalized spacial score (nSPS) is 14.0. The smallest absolute Gasteiger partial charge is 0.404 e. The van der Waals surface area contributed by atoms with Gasteiger partial charge >= 0.3 is 6.09 Å². The molecule has 94 valence electrons. The molecule has 1 aromatic carbocycles. The number of amides is 1. The topological polar surface area (TPSA) is 72.6 Å². The molecule has 1 amide bonds. The third-order valence-corrected chi connectivity index (χ3v) is 2.78. The molecule has 3 N–H and O–H groups in total. The summed E-state index contributed by atoms with van der Waals surface area (Å²) in [5, 5.41) is 9.96. The van der Waals surface area contributed by atoms with Gasteiger partial charge in [-0.1, -0.05) is 37.3 Å². The van der Waals surface area contributed by atoms with E-state index in [2.05, 4.69) is 0 Å². The van der Waals surface area contributed by atoms with Gasteiger partial charge in [0, 0.05) is 5.92 Å². The van der Waals surface area contributed by atoms with Crippen LogP contribution in [0.15, 0.2) is 30.3 Å². The molecule has 0 saturated heterocycles. The lowest BCUT2D eigenvalue weighted by molar-refractivity contribution is 0.110. The molecule has 0 aromatic heterocycles. The highest BCUT2D eigenvalue weighted by atomic mass is 16.5. The zero-order valence-corrected chi connectivity index (χ0v) is 10.0. The second kappa shape index (κ2) is 6.91. The Bertz CT molecular complexity index is 340. The number of benzene rings is 1. The van der Waals surface area contributed by atoms with E-state index in [4.69, 9.17) is 10.5 Å². The van der Waals surface area contributed by atoms with Crippen molar-refractivity contribution in [3.05, 3.63) is 35.9 Å². The van der Waals surface area contributed by atoms with Crippen molar-refractivity contribution >= 4 is 6.09 Å². The van der Waals surface area contributed by atoms with Crippen molar-refractivity contribution in [1.82, 2.24) is 0 Å². The van der Waals surface area contributed by atoms with Crippen LogP contribution in [0.5, 0.6) is 0 Å². The third-order valence-electron chi connectivity index (χ3n) is 2.78. The van der Waals surface area contributed by atoms with E-state index in [0.717, 1.165) is 5.56 Å². The minimum absolute atomic E-state index is 0.0273. The number of nitrogens with two attached hydrogens (primary N) is 1. The van der Waals surface area contributed by atoms with Gasteiger partial charge in [-0.2, -0.15) is 0 Å². The Morgan fingerprint density at radius 2 is 2.06 bits per heavy atom. The number of carbonyl (C=O) groups excluding carboxylic acids is 1. The van der Waals surface area contributed by atoms with Crippen molar-refractivity contribution in [2.45, 2.75) is 31.8 Å². The van der Waals surface area contributed by atoms with E-state index in [9.17, 15) is 9.90 Å². The highest BCUT2D eigenvalue weighted by Crippen LogP contribution is 2.25. The fraction of sp³-hybridized carbons (Fsp3) is 0.462. The number of carbonyl (C=O) groups is 1. The molecule has 4 nitrogen and oxygen atoms in total. The average molecular weight is 237 g/mol. The van der Waals surface area contributed by atoms with Gasteiger partial charge in [0.1, 0.15) is 0 Å². The summed E-state index contributed by atoms with van der Waals surface area (Å²) < 4.78 is 4.72. The number of aliphatic hydroxyl groups is 1. The molecule has 0 saturated carbocycles. The van der Waals surface area contributed by atoms with Crippen LogP contribution in [0.1, 0.15) is 31.2 Å². The Labute approximate surface area is 101 Å². The average Bonchev–Trinajstić information content (AvgIpc) is 2.34. The van der Waals surface area contributed by atoms with Crippen LogP contribution in [-0.2, 0) is 4.74 Å². The molecule has 2 atom stereocenters. The van der Waals surface area contributed by atoms with Gasteiger partial charge in [0.05, 0.1) is 12.7 Å². The van der Waals surface area contributed by atoms with Gasteiger partial charge < -0.3 is 15.6 Å². The summed E-state index contributed by atoms with van der Waals surface area (Å²) in [7, 11) is 0. The Morgan fingerprint density at radius 1 is 1.41 bits per heavy atom. The number of hydrogen-bond acceptors (Lipinski definition) is 3. The number of hydrogen-bond donors (Lipinski definition) is 2. The van der Waals surface area contributed by atoms with Crippen LogP contribution in [0.25, 0.3) is 0 Å². The van der Waals surface area contributed by atoms with Gasteiger partial charge in [-0.05, 0) is 18.4 Å². The molecule has 0 aliphatic heterocycles. The SMILES string of the molecule is CCC(O)C(CCOC(N)=O)c1ccccc1. The van der Waals surface area contributed by atoms with Crippen LogP contribution in [0, 0.1) is 0 Å². The number of aliphatic hydroxyl groups excluding tert-OH is 1. The molecule has 0 heterocycles. The predicted octanol–water partition coefficient (Wildman–Crippen LogP) is 2.03. The first-order valence-electron chi connectivity index (χ1n) is 5.80. The van der Waals surface area contributed by atoms with E-state index >= 15 is 0 Å². The van der Waals surface area contributed by atoms with E-state index in [1.54, 1.807) is 0 Å². The molecule has 0 spiro atoms. The van der Waals surface area contributed by atoms with Crippen molar-refractivity contribution in [2.24, 2.45) is 5.73 Å². The Kier molecular flexibility index (Phi) is 5.49. The standard InChI is InChI=1S/C13H19NO3/c1-2-12(15)11(8-9-17-13(14)16)10-6-4-3-5-7-10/h3-7,11-12,15H,2,8-9H2,1H3,(H2,14,16). The summed E-state index contributed by atoms with van der Waals surface area (Å²) >= 11 is 0. The zero-order valence-electron chi connectivity index (χ0n) is 10.0. The van der Waals surface area contributed by atoms with Crippen molar-refractivity contribution in [2.75, 3.05) is 6.61 Å². The molecule has 0 aliphatic rings. The molecule has 1 rings (SSSR count). The van der Waals surface area contributed by atoms with Gasteiger partial charge in [-0.3, -0.25) is 0 Å². The molecule has 0 aliphatic carbocycles. The van der Waals surface area contributed by atoms with Crippen molar-refractivity contribution in [1.29, 1.82) is 0 Å². The zero-order chi connectivity index (χ0) is 12.7. The van der Waals surface area contributed by atoms with E-state index in [1.165, 1.54) is 0 Å². The molecule has 0 bridgehead atoms. The first-order chi connectivity index (χ1) is 8.15. The van der Waals surface area contributed by atoms with Gasteiger partial charge in [0.25, 0.3) is 0 Å². The molecule has 1 aromatic rings. The molecular weight excluding hydrogens is 218 g/mol. The summed E-state index contributed by atoms with van der Waals surface area (Å²) in [5.74, 6) is -0.0273. The Morgan fingerprint density at radius 3 is 2.59 bits per heavy atom. The Hall–Kier alpha value is -1.55. The maximum absolute atomic E-state index is 10.5. The lowest BCUT2D eigenvalue weighted by atomic mass is 9.89. The number of primary amides is 1. The summed E-state index contributed by atoms with van der Waals surface area (Å²) in [4.78, 5) is 10.5. The van der Waals surface area contributed by atoms with Crippen molar-refractivity contribution in [3.63, 3.8) is 0 Å². The highest BCUT2D eigenvalue weighted by molar-refractivity contribution is 5.64. The molecule has 4 heteroatoms. The first kappa shape index (κ1) is 13.5. The van der Waals surface area contributed by atoms with Crippen LogP contribution < -0.4 is 5.73 Å². The van der Waals surface area contributed by atoms with Crippen molar-refractivity contribution < 1.29 is 14.6 Å². The minimum atomic E-state index is -0.775. The molecule has 0 radical (unpaired) electrons. The quantitative estimate of drug-likeness (QED) is 0.795. The fourth-order valence-electron chi connectivity index (χ4n) is 1.85. The Balaban J connectivity index is 2.64. The van der Waals surface area contributed by atoms with Crippen LogP contribution in [0.2, 0.25) is 0 Å². The molecule has 2 unspecified atom stereocenters. The summed E-state index contributed by atoms with van der Waals surface area (Å²) in [6, 6.07) is 9.72. The van der Waals surface area contributed by atoms with Crippen LogP contribution in [0.3, 0.4) is 0 Å². The number of ether oxygens (including phenoxy) is 1. The molecule has 0 fully saturated rings. The maximum atomic E-state index is 10.5. The third kappa shape index (κ3) is 4.44. The van der Waals surface area contributed by atoms with E-state index in [0.29, 0.717) is 12.8 Å². The minimum Gasteiger partial charge on any atom is -0.450 e. The van der Waals surface area contributed by atoms with E-state index < -0.39 is 12.2 Å². The van der Waals surface area contributed by atoms with E-state index in [-0.39, 0.29) is 12.5 Å². The summed E-state index contributed by atoms with van der Waals surface area (Å²) in [5.41, 5.74) is 5.95.